The molecule has 1 heterocycles. The van der Waals surface area contributed by atoms with Crippen LogP contribution < -0.4 is 19.5 Å². The lowest BCUT2D eigenvalue weighted by atomic mass is 10.2. The summed E-state index contributed by atoms with van der Waals surface area (Å²) in [6.07, 6.45) is 2.26. The van der Waals surface area contributed by atoms with Crippen LogP contribution in [0.2, 0.25) is 0 Å². The smallest absolute Gasteiger partial charge is 0.255 e. The second-order valence-electron chi connectivity index (χ2n) is 7.43. The van der Waals surface area contributed by atoms with Crippen molar-refractivity contribution in [2.45, 2.75) is 25.9 Å². The van der Waals surface area contributed by atoms with E-state index in [-0.39, 0.29) is 12.0 Å². The first kappa shape index (κ1) is 21.7. The summed E-state index contributed by atoms with van der Waals surface area (Å²) in [4.78, 5) is 12.8. The number of carbonyl (C=O) groups is 1. The first-order valence-electron chi connectivity index (χ1n) is 10.9. The Hall–Kier alpha value is -3.51. The Bertz CT molecular complexity index is 1010. The lowest BCUT2D eigenvalue weighted by Gasteiger charge is -2.13. The normalized spacial score (nSPS) is 15.2. The monoisotopic (exact) mass is 433 g/mol. The highest BCUT2D eigenvalue weighted by Crippen LogP contribution is 2.30. The Kier molecular flexibility index (Phi) is 7.25. The third-order valence-corrected chi connectivity index (χ3v) is 5.07. The predicted octanol–water partition coefficient (Wildman–Crippen LogP) is 5.69. The van der Waals surface area contributed by atoms with Crippen LogP contribution in [0.1, 0.15) is 30.1 Å². The molecule has 6 nitrogen and oxygen atoms in total. The fourth-order valence-corrected chi connectivity index (χ4v) is 3.42. The van der Waals surface area contributed by atoms with Crippen molar-refractivity contribution in [3.05, 3.63) is 78.4 Å². The molecule has 0 spiro atoms. The molecule has 1 fully saturated rings. The molecule has 1 saturated heterocycles. The molecule has 1 atom stereocenters. The van der Waals surface area contributed by atoms with Crippen molar-refractivity contribution in [1.82, 2.24) is 0 Å². The van der Waals surface area contributed by atoms with E-state index in [1.807, 2.05) is 49.4 Å². The fourth-order valence-electron chi connectivity index (χ4n) is 3.42. The van der Waals surface area contributed by atoms with Crippen LogP contribution in [0.15, 0.2) is 72.8 Å². The summed E-state index contributed by atoms with van der Waals surface area (Å²) in [5, 5.41) is 2.93. The van der Waals surface area contributed by atoms with Crippen molar-refractivity contribution in [2.24, 2.45) is 0 Å². The van der Waals surface area contributed by atoms with Crippen LogP contribution in [0, 0.1) is 0 Å². The zero-order valence-corrected chi connectivity index (χ0v) is 18.1. The molecule has 1 amide bonds. The van der Waals surface area contributed by atoms with E-state index in [9.17, 15) is 4.79 Å². The topological polar surface area (TPSA) is 66.0 Å². The highest BCUT2D eigenvalue weighted by Gasteiger charge is 2.16. The fraction of sp³-hybridized carbons (Fsp3) is 0.269. The number of hydrogen-bond acceptors (Lipinski definition) is 5. The Balaban J connectivity index is 1.37. The van der Waals surface area contributed by atoms with Gasteiger partial charge in [0, 0.05) is 12.2 Å². The van der Waals surface area contributed by atoms with Crippen LogP contribution in [-0.2, 0) is 4.74 Å². The number of benzene rings is 3. The van der Waals surface area contributed by atoms with Crippen LogP contribution in [-0.4, -0.2) is 31.8 Å². The van der Waals surface area contributed by atoms with Gasteiger partial charge in [-0.25, -0.2) is 0 Å². The number of nitrogens with one attached hydrogen (secondary N) is 1. The Labute approximate surface area is 188 Å². The molecule has 1 N–H and O–H groups in total. The van der Waals surface area contributed by atoms with Gasteiger partial charge in [-0.05, 0) is 80.4 Å². The molecule has 0 saturated carbocycles. The zero-order chi connectivity index (χ0) is 22.2. The van der Waals surface area contributed by atoms with Crippen molar-refractivity contribution in [3.63, 3.8) is 0 Å². The molecule has 3 aromatic rings. The van der Waals surface area contributed by atoms with Gasteiger partial charge in [-0.15, -0.1) is 0 Å². The lowest BCUT2D eigenvalue weighted by Crippen LogP contribution is -2.16. The van der Waals surface area contributed by atoms with E-state index in [1.54, 1.807) is 30.3 Å². The summed E-state index contributed by atoms with van der Waals surface area (Å²) in [6, 6.07) is 21.8. The van der Waals surface area contributed by atoms with Gasteiger partial charge < -0.3 is 24.3 Å². The SMILES string of the molecule is CCOc1ccc(Oc2ccccc2NC(=O)c2ccc(OCC3CCCO3)cc2)cc1. The first-order valence-corrected chi connectivity index (χ1v) is 10.9. The van der Waals surface area contributed by atoms with Crippen molar-refractivity contribution < 1.29 is 23.7 Å². The molecular weight excluding hydrogens is 406 g/mol. The van der Waals surface area contributed by atoms with E-state index in [0.717, 1.165) is 30.9 Å². The maximum absolute atomic E-state index is 12.8. The first-order chi connectivity index (χ1) is 15.7. The van der Waals surface area contributed by atoms with E-state index in [4.69, 9.17) is 18.9 Å². The number of carbonyl (C=O) groups excluding carboxylic acids is 1. The van der Waals surface area contributed by atoms with E-state index in [1.165, 1.54) is 0 Å². The van der Waals surface area contributed by atoms with E-state index in [2.05, 4.69) is 5.32 Å². The van der Waals surface area contributed by atoms with Gasteiger partial charge in [-0.1, -0.05) is 12.1 Å². The van der Waals surface area contributed by atoms with Crippen molar-refractivity contribution >= 4 is 11.6 Å². The maximum atomic E-state index is 12.8. The Morgan fingerprint density at radius 1 is 0.938 bits per heavy atom. The van der Waals surface area contributed by atoms with Crippen LogP contribution in [0.4, 0.5) is 5.69 Å². The van der Waals surface area contributed by atoms with Gasteiger partial charge in [-0.2, -0.15) is 0 Å². The van der Waals surface area contributed by atoms with Crippen LogP contribution >= 0.6 is 0 Å². The van der Waals surface area contributed by atoms with Crippen molar-refractivity contribution in [2.75, 3.05) is 25.1 Å². The summed E-state index contributed by atoms with van der Waals surface area (Å²) in [5.41, 5.74) is 1.12. The average molecular weight is 434 g/mol. The summed E-state index contributed by atoms with van der Waals surface area (Å²) in [5.74, 6) is 2.49. The number of para-hydroxylation sites is 2. The lowest BCUT2D eigenvalue weighted by molar-refractivity contribution is 0.0679. The molecule has 0 radical (unpaired) electrons. The van der Waals surface area contributed by atoms with Crippen molar-refractivity contribution in [3.8, 4) is 23.0 Å². The minimum absolute atomic E-state index is 0.157. The standard InChI is InChI=1S/C26H27NO5/c1-2-29-20-13-15-22(16-14-20)32-25-8-4-3-7-24(25)27-26(28)19-9-11-21(12-10-19)31-18-23-6-5-17-30-23/h3-4,7-16,23H,2,5-6,17-18H2,1H3,(H,27,28). The van der Waals surface area contributed by atoms with Gasteiger partial charge in [0.25, 0.3) is 5.91 Å². The average Bonchev–Trinajstić information content (AvgIpc) is 3.34. The highest BCUT2D eigenvalue weighted by molar-refractivity contribution is 6.05. The molecule has 3 aromatic carbocycles. The number of ether oxygens (including phenoxy) is 4. The van der Waals surface area contributed by atoms with Gasteiger partial charge in [0.05, 0.1) is 18.4 Å². The summed E-state index contributed by atoms with van der Waals surface area (Å²) in [7, 11) is 0. The molecule has 0 aliphatic carbocycles. The number of hydrogen-bond donors (Lipinski definition) is 1. The van der Waals surface area contributed by atoms with Crippen LogP contribution in [0.3, 0.4) is 0 Å². The van der Waals surface area contributed by atoms with E-state index >= 15 is 0 Å². The van der Waals surface area contributed by atoms with Gasteiger partial charge in [0.15, 0.2) is 5.75 Å². The number of amides is 1. The molecule has 32 heavy (non-hydrogen) atoms. The molecule has 0 aromatic heterocycles. The van der Waals surface area contributed by atoms with Crippen LogP contribution in [0.5, 0.6) is 23.0 Å². The summed E-state index contributed by atoms with van der Waals surface area (Å²) < 4.78 is 22.8. The van der Waals surface area contributed by atoms with Gasteiger partial charge >= 0.3 is 0 Å². The predicted molar refractivity (Wildman–Crippen MR) is 123 cm³/mol. The molecule has 1 unspecified atom stereocenters. The molecule has 166 valence electrons. The summed E-state index contributed by atoms with van der Waals surface area (Å²) >= 11 is 0. The molecule has 1 aliphatic heterocycles. The third-order valence-electron chi connectivity index (χ3n) is 5.07. The molecule has 4 rings (SSSR count). The number of anilines is 1. The largest absolute Gasteiger partial charge is 0.494 e. The van der Waals surface area contributed by atoms with Gasteiger partial charge in [-0.3, -0.25) is 4.79 Å². The summed E-state index contributed by atoms with van der Waals surface area (Å²) in [6.45, 7) is 3.88. The number of rotatable bonds is 9. The minimum atomic E-state index is -0.224. The molecular formula is C26H27NO5. The molecule has 0 bridgehead atoms. The quantitative estimate of drug-likeness (QED) is 0.470. The van der Waals surface area contributed by atoms with Crippen LogP contribution in [0.25, 0.3) is 0 Å². The van der Waals surface area contributed by atoms with E-state index < -0.39 is 0 Å². The van der Waals surface area contributed by atoms with Crippen molar-refractivity contribution in [1.29, 1.82) is 0 Å². The highest BCUT2D eigenvalue weighted by atomic mass is 16.5. The molecule has 6 heteroatoms. The Morgan fingerprint density at radius 3 is 2.34 bits per heavy atom. The zero-order valence-electron chi connectivity index (χ0n) is 18.1. The second-order valence-corrected chi connectivity index (χ2v) is 7.43. The van der Waals surface area contributed by atoms with Gasteiger partial charge in [0.1, 0.15) is 23.9 Å². The third kappa shape index (κ3) is 5.80. The maximum Gasteiger partial charge on any atom is 0.255 e. The Morgan fingerprint density at radius 2 is 1.62 bits per heavy atom. The van der Waals surface area contributed by atoms with E-state index in [0.29, 0.717) is 36.0 Å². The van der Waals surface area contributed by atoms with Gasteiger partial charge in [0.2, 0.25) is 0 Å². The molecule has 1 aliphatic rings. The second kappa shape index (κ2) is 10.7. The minimum Gasteiger partial charge on any atom is -0.494 e.